The molecule has 1 saturated heterocycles. The summed E-state index contributed by atoms with van der Waals surface area (Å²) in [6, 6.07) is 20.1. The fraction of sp³-hybridized carbons (Fsp3) is 0.568. The lowest BCUT2D eigenvalue weighted by atomic mass is 9.48. The maximum atomic E-state index is 6.43. The van der Waals surface area contributed by atoms with Crippen LogP contribution in [0.2, 0.25) is 0 Å². The summed E-state index contributed by atoms with van der Waals surface area (Å²) >= 11 is 0. The van der Waals surface area contributed by atoms with Gasteiger partial charge in [0.1, 0.15) is 17.7 Å². The van der Waals surface area contributed by atoms with Gasteiger partial charge in [-0.1, -0.05) is 36.8 Å². The van der Waals surface area contributed by atoms with Gasteiger partial charge < -0.3 is 18.9 Å². The van der Waals surface area contributed by atoms with Gasteiger partial charge in [0.05, 0.1) is 0 Å². The molecule has 1 heterocycles. The Morgan fingerprint density at radius 2 is 1.53 bits per heavy atom. The lowest BCUT2D eigenvalue weighted by Crippen LogP contribution is -2.48. The first kappa shape index (κ1) is 30.7. The summed E-state index contributed by atoms with van der Waals surface area (Å²) in [5, 5.41) is 2.51. The van der Waals surface area contributed by atoms with E-state index in [1.54, 1.807) is 7.11 Å². The second kappa shape index (κ2) is 13.0. The third kappa shape index (κ3) is 6.29. The molecule has 0 amide bonds. The molecular formula is C37H48ClNO4. The zero-order valence-corrected chi connectivity index (χ0v) is 26.9. The van der Waals surface area contributed by atoms with Gasteiger partial charge in [-0.2, -0.15) is 0 Å². The molecule has 2 unspecified atom stereocenters. The van der Waals surface area contributed by atoms with E-state index in [1.807, 2.05) is 6.92 Å². The van der Waals surface area contributed by atoms with E-state index in [-0.39, 0.29) is 37.1 Å². The Hall–Kier alpha value is -2.31. The molecule has 1 aliphatic heterocycles. The Kier molecular flexibility index (Phi) is 9.26. The van der Waals surface area contributed by atoms with Crippen LogP contribution in [0.5, 0.6) is 11.5 Å². The molecule has 6 heteroatoms. The lowest BCUT2D eigenvalue weighted by molar-refractivity contribution is -0.150. The van der Waals surface area contributed by atoms with Crippen LogP contribution in [0.3, 0.4) is 0 Å². The molecule has 5 nitrogen and oxygen atoms in total. The highest BCUT2D eigenvalue weighted by Gasteiger charge is 2.52. The van der Waals surface area contributed by atoms with Gasteiger partial charge in [-0.15, -0.1) is 12.4 Å². The Labute approximate surface area is 263 Å². The van der Waals surface area contributed by atoms with E-state index in [1.165, 1.54) is 85.3 Å². The quantitative estimate of drug-likeness (QED) is 0.216. The zero-order valence-electron chi connectivity index (χ0n) is 26.1. The van der Waals surface area contributed by atoms with Crippen molar-refractivity contribution in [1.82, 2.24) is 4.90 Å². The van der Waals surface area contributed by atoms with Crippen LogP contribution in [-0.2, 0) is 14.9 Å². The third-order valence-corrected chi connectivity index (χ3v) is 10.8. The molecule has 2 atom stereocenters. The molecule has 5 aliphatic rings. The average Bonchev–Trinajstić information content (AvgIpc) is 3.00. The smallest absolute Gasteiger partial charge is 0.191 e. The van der Waals surface area contributed by atoms with E-state index < -0.39 is 0 Å². The Morgan fingerprint density at radius 3 is 2.19 bits per heavy atom. The number of nitrogens with zero attached hydrogens (tertiary/aromatic N) is 1. The van der Waals surface area contributed by atoms with Crippen LogP contribution >= 0.6 is 12.4 Å². The van der Waals surface area contributed by atoms with Gasteiger partial charge in [0.15, 0.2) is 13.1 Å². The first-order valence-corrected chi connectivity index (χ1v) is 16.4. The summed E-state index contributed by atoms with van der Waals surface area (Å²) in [6.07, 6.45) is 11.8. The number of piperidine rings is 1. The first-order chi connectivity index (χ1) is 20.5. The normalized spacial score (nSPS) is 27.9. The number of hydrogen-bond acceptors (Lipinski definition) is 5. The van der Waals surface area contributed by atoms with E-state index in [4.69, 9.17) is 18.9 Å². The minimum Gasteiger partial charge on any atom is -0.475 e. The Bertz CT molecular complexity index is 1350. The molecule has 5 fully saturated rings. The van der Waals surface area contributed by atoms with Crippen LogP contribution in [-0.4, -0.2) is 44.4 Å². The second-order valence-electron chi connectivity index (χ2n) is 13.6. The van der Waals surface area contributed by atoms with Crippen molar-refractivity contribution >= 4 is 23.2 Å². The Balaban J connectivity index is 0.00000329. The van der Waals surface area contributed by atoms with Gasteiger partial charge >= 0.3 is 0 Å². The van der Waals surface area contributed by atoms with Gasteiger partial charge in [-0.25, -0.2) is 0 Å². The molecule has 0 spiro atoms. The van der Waals surface area contributed by atoms with E-state index in [9.17, 15) is 0 Å². The predicted octanol–water partition coefficient (Wildman–Crippen LogP) is 8.95. The first-order valence-electron chi connectivity index (χ1n) is 16.4. The molecule has 0 aromatic heterocycles. The maximum absolute atomic E-state index is 6.43. The molecule has 0 radical (unpaired) electrons. The fourth-order valence-corrected chi connectivity index (χ4v) is 9.06. The fourth-order valence-electron chi connectivity index (χ4n) is 9.06. The zero-order chi connectivity index (χ0) is 28.7. The molecule has 43 heavy (non-hydrogen) atoms. The SMILES string of the molecule is COC(C)OCOc1cc2cccc(-c3ccc(OC(C)N4CCCCC4)cc3)c2cc1C12CC3CC(CC(C3)C1)C2.Cl. The standard InChI is InChI=1S/C37H47NO4.ClH/c1-25(38-14-5-4-6-15-38)42-32-12-10-30(11-13-32)33-9-7-8-31-19-36(41-24-40-26(2)39-3)35(20-34(31)33)37-21-27-16-28(22-37)18-29(17-27)23-37;/h7-13,19-20,25-29H,4-6,14-18,21-24H2,1-3H3;1H. The monoisotopic (exact) mass is 605 g/mol. The molecule has 4 saturated carbocycles. The highest BCUT2D eigenvalue weighted by molar-refractivity contribution is 5.98. The van der Waals surface area contributed by atoms with Crippen LogP contribution < -0.4 is 9.47 Å². The van der Waals surface area contributed by atoms with Crippen LogP contribution in [0.1, 0.15) is 77.2 Å². The summed E-state index contributed by atoms with van der Waals surface area (Å²) < 4.78 is 23.9. The minimum atomic E-state index is -0.296. The number of halogens is 1. The summed E-state index contributed by atoms with van der Waals surface area (Å²) in [4.78, 5) is 2.45. The van der Waals surface area contributed by atoms with Crippen molar-refractivity contribution in [2.75, 3.05) is 27.0 Å². The van der Waals surface area contributed by atoms with Crippen molar-refractivity contribution in [2.24, 2.45) is 17.8 Å². The van der Waals surface area contributed by atoms with E-state index >= 15 is 0 Å². The highest BCUT2D eigenvalue weighted by Crippen LogP contribution is 2.62. The molecule has 8 rings (SSSR count). The summed E-state index contributed by atoms with van der Waals surface area (Å²) in [5.74, 6) is 4.51. The van der Waals surface area contributed by atoms with Crippen molar-refractivity contribution in [3.05, 3.63) is 60.2 Å². The number of hydrogen-bond donors (Lipinski definition) is 0. The van der Waals surface area contributed by atoms with Crippen molar-refractivity contribution in [3.8, 4) is 22.6 Å². The van der Waals surface area contributed by atoms with Crippen LogP contribution in [0.25, 0.3) is 21.9 Å². The van der Waals surface area contributed by atoms with Gasteiger partial charge in [-0.3, -0.25) is 4.90 Å². The van der Waals surface area contributed by atoms with E-state index in [2.05, 4.69) is 66.4 Å². The summed E-state index contributed by atoms with van der Waals surface area (Å²) in [5.41, 5.74) is 4.09. The van der Waals surface area contributed by atoms with Gasteiger partial charge in [0, 0.05) is 25.8 Å². The number of rotatable bonds is 10. The van der Waals surface area contributed by atoms with Crippen molar-refractivity contribution < 1.29 is 18.9 Å². The molecular weight excluding hydrogens is 558 g/mol. The number of fused-ring (bicyclic) bond motifs is 1. The molecule has 4 aliphatic carbocycles. The number of ether oxygens (including phenoxy) is 4. The number of benzene rings is 3. The number of likely N-dealkylation sites (tertiary alicyclic amines) is 1. The molecule has 0 N–H and O–H groups in total. The highest BCUT2D eigenvalue weighted by atomic mass is 35.5. The van der Waals surface area contributed by atoms with E-state index in [0.29, 0.717) is 0 Å². The van der Waals surface area contributed by atoms with Gasteiger partial charge in [-0.05, 0) is 135 Å². The maximum Gasteiger partial charge on any atom is 0.191 e. The molecule has 4 bridgehead atoms. The van der Waals surface area contributed by atoms with E-state index in [0.717, 1.165) is 42.3 Å². The minimum absolute atomic E-state index is 0. The molecule has 3 aromatic rings. The molecule has 232 valence electrons. The van der Waals surface area contributed by atoms with Gasteiger partial charge in [0.2, 0.25) is 0 Å². The van der Waals surface area contributed by atoms with Gasteiger partial charge in [0.25, 0.3) is 0 Å². The molecule has 3 aromatic carbocycles. The Morgan fingerprint density at radius 1 is 0.860 bits per heavy atom. The largest absolute Gasteiger partial charge is 0.475 e. The van der Waals surface area contributed by atoms with Crippen LogP contribution in [0.15, 0.2) is 54.6 Å². The number of methoxy groups -OCH3 is 1. The lowest BCUT2D eigenvalue weighted by Gasteiger charge is -2.57. The summed E-state index contributed by atoms with van der Waals surface area (Å²) in [6.45, 7) is 6.53. The van der Waals surface area contributed by atoms with Crippen molar-refractivity contribution in [2.45, 2.75) is 89.6 Å². The average molecular weight is 606 g/mol. The van der Waals surface area contributed by atoms with Crippen molar-refractivity contribution in [3.63, 3.8) is 0 Å². The second-order valence-corrected chi connectivity index (χ2v) is 13.6. The van der Waals surface area contributed by atoms with Crippen molar-refractivity contribution in [1.29, 1.82) is 0 Å². The summed E-state index contributed by atoms with van der Waals surface area (Å²) in [7, 11) is 1.66. The van der Waals surface area contributed by atoms with Crippen LogP contribution in [0.4, 0.5) is 0 Å². The third-order valence-electron chi connectivity index (χ3n) is 10.8. The van der Waals surface area contributed by atoms with Crippen LogP contribution in [0, 0.1) is 17.8 Å². The predicted molar refractivity (Wildman–Crippen MR) is 175 cm³/mol. The topological polar surface area (TPSA) is 40.2 Å².